The van der Waals surface area contributed by atoms with Gasteiger partial charge < -0.3 is 11.1 Å². The lowest BCUT2D eigenvalue weighted by Gasteiger charge is -2.18. The van der Waals surface area contributed by atoms with Crippen LogP contribution in [-0.2, 0) is 14.8 Å². The van der Waals surface area contributed by atoms with Gasteiger partial charge in [-0.2, -0.15) is 0 Å². The zero-order valence-corrected chi connectivity index (χ0v) is 13.4. The summed E-state index contributed by atoms with van der Waals surface area (Å²) in [7, 11) is -3.29. The minimum Gasteiger partial charge on any atom is -0.330 e. The first-order chi connectivity index (χ1) is 9.79. The number of anilines is 2. The Morgan fingerprint density at radius 1 is 1.19 bits per heavy atom. The van der Waals surface area contributed by atoms with E-state index in [0.717, 1.165) is 0 Å². The number of nitrogens with two attached hydrogens (primary N) is 1. The second-order valence-corrected chi connectivity index (χ2v) is 7.17. The van der Waals surface area contributed by atoms with E-state index in [-0.39, 0.29) is 30.0 Å². The fourth-order valence-electron chi connectivity index (χ4n) is 1.79. The number of hydrogen-bond acceptors (Lipinski definition) is 4. The van der Waals surface area contributed by atoms with Crippen molar-refractivity contribution in [1.29, 1.82) is 0 Å². The highest BCUT2D eigenvalue weighted by Crippen LogP contribution is 2.17. The Labute approximate surface area is 126 Å². The van der Waals surface area contributed by atoms with Gasteiger partial charge in [-0.15, -0.1) is 0 Å². The number of carbonyl (C=O) groups excluding carboxylic acids is 1. The molecule has 21 heavy (non-hydrogen) atoms. The molecule has 7 heteroatoms. The molecular formula is C14H23N3O3S. The number of rotatable bonds is 7. The van der Waals surface area contributed by atoms with Crippen molar-refractivity contribution in [3.05, 3.63) is 24.3 Å². The summed E-state index contributed by atoms with van der Waals surface area (Å²) in [4.78, 5) is 12.0. The maximum Gasteiger partial charge on any atom is 0.232 e. The summed E-state index contributed by atoms with van der Waals surface area (Å²) in [6.07, 6.45) is 0. The summed E-state index contributed by atoms with van der Waals surface area (Å²) in [5.74, 6) is -0.207. The van der Waals surface area contributed by atoms with E-state index in [9.17, 15) is 13.2 Å². The highest BCUT2D eigenvalue weighted by Gasteiger charge is 2.20. The Kier molecular flexibility index (Phi) is 6.17. The average molecular weight is 313 g/mol. The fourth-order valence-corrected chi connectivity index (χ4v) is 2.43. The molecule has 4 N–H and O–H groups in total. The van der Waals surface area contributed by atoms with Gasteiger partial charge in [0.1, 0.15) is 0 Å². The van der Waals surface area contributed by atoms with E-state index in [1.165, 1.54) is 0 Å². The average Bonchev–Trinajstić information content (AvgIpc) is 2.41. The van der Waals surface area contributed by atoms with Crippen LogP contribution in [0.3, 0.4) is 0 Å². The van der Waals surface area contributed by atoms with E-state index in [1.54, 1.807) is 31.2 Å². The fraction of sp³-hybridized carbons (Fsp3) is 0.500. The zero-order chi connectivity index (χ0) is 16.0. The second-order valence-electron chi connectivity index (χ2n) is 5.16. The molecule has 0 spiro atoms. The summed E-state index contributed by atoms with van der Waals surface area (Å²) in [6.45, 7) is 5.74. The topological polar surface area (TPSA) is 101 Å². The number of nitrogens with one attached hydrogen (secondary N) is 2. The SMILES string of the molecule is CCS(=O)(=O)Nc1ccc(NC(=O)C(CN)C(C)C)cc1. The van der Waals surface area contributed by atoms with Crippen LogP contribution in [0.2, 0.25) is 0 Å². The number of hydrogen-bond donors (Lipinski definition) is 3. The summed E-state index contributed by atoms with van der Waals surface area (Å²) in [5.41, 5.74) is 6.68. The van der Waals surface area contributed by atoms with Gasteiger partial charge in [0.25, 0.3) is 0 Å². The molecule has 0 saturated heterocycles. The first-order valence-corrected chi connectivity index (χ1v) is 8.55. The smallest absolute Gasteiger partial charge is 0.232 e. The van der Waals surface area contributed by atoms with E-state index >= 15 is 0 Å². The Morgan fingerprint density at radius 3 is 2.14 bits per heavy atom. The van der Waals surface area contributed by atoms with Crippen molar-refractivity contribution in [1.82, 2.24) is 0 Å². The highest BCUT2D eigenvalue weighted by molar-refractivity contribution is 7.92. The van der Waals surface area contributed by atoms with Crippen molar-refractivity contribution < 1.29 is 13.2 Å². The van der Waals surface area contributed by atoms with E-state index < -0.39 is 10.0 Å². The molecule has 0 aromatic heterocycles. The molecule has 0 aliphatic rings. The molecule has 1 amide bonds. The molecule has 0 aliphatic carbocycles. The van der Waals surface area contributed by atoms with Gasteiger partial charge in [-0.3, -0.25) is 9.52 Å². The molecule has 1 aromatic carbocycles. The van der Waals surface area contributed by atoms with Gasteiger partial charge in [-0.25, -0.2) is 8.42 Å². The van der Waals surface area contributed by atoms with E-state index in [1.807, 2.05) is 13.8 Å². The number of benzene rings is 1. The molecule has 1 aromatic rings. The maximum absolute atomic E-state index is 12.0. The first-order valence-electron chi connectivity index (χ1n) is 6.90. The Bertz CT molecular complexity index is 568. The lowest BCUT2D eigenvalue weighted by Crippen LogP contribution is -2.33. The lowest BCUT2D eigenvalue weighted by atomic mass is 9.95. The van der Waals surface area contributed by atoms with Crippen LogP contribution in [0.15, 0.2) is 24.3 Å². The predicted molar refractivity (Wildman–Crippen MR) is 85.5 cm³/mol. The third kappa shape index (κ3) is 5.35. The van der Waals surface area contributed by atoms with Crippen molar-refractivity contribution in [3.8, 4) is 0 Å². The Morgan fingerprint density at radius 2 is 1.71 bits per heavy atom. The van der Waals surface area contributed by atoms with Crippen LogP contribution in [0.4, 0.5) is 11.4 Å². The zero-order valence-electron chi connectivity index (χ0n) is 12.6. The van der Waals surface area contributed by atoms with Gasteiger partial charge >= 0.3 is 0 Å². The molecular weight excluding hydrogens is 290 g/mol. The van der Waals surface area contributed by atoms with Crippen LogP contribution in [-0.4, -0.2) is 26.6 Å². The molecule has 0 bridgehead atoms. The number of amides is 1. The molecule has 0 saturated carbocycles. The lowest BCUT2D eigenvalue weighted by molar-refractivity contribution is -0.120. The van der Waals surface area contributed by atoms with Crippen LogP contribution in [0, 0.1) is 11.8 Å². The summed E-state index contributed by atoms with van der Waals surface area (Å²) in [5, 5.41) is 2.78. The molecule has 6 nitrogen and oxygen atoms in total. The Hall–Kier alpha value is -1.60. The largest absolute Gasteiger partial charge is 0.330 e. The third-order valence-corrected chi connectivity index (χ3v) is 4.51. The van der Waals surface area contributed by atoms with Crippen molar-refractivity contribution in [2.24, 2.45) is 17.6 Å². The number of carbonyl (C=O) groups is 1. The van der Waals surface area contributed by atoms with E-state index in [4.69, 9.17) is 5.73 Å². The Balaban J connectivity index is 2.73. The third-order valence-electron chi connectivity index (χ3n) is 3.20. The first kappa shape index (κ1) is 17.5. The monoisotopic (exact) mass is 313 g/mol. The maximum atomic E-state index is 12.0. The van der Waals surface area contributed by atoms with Crippen molar-refractivity contribution in [2.75, 3.05) is 22.3 Å². The van der Waals surface area contributed by atoms with Crippen molar-refractivity contribution in [2.45, 2.75) is 20.8 Å². The van der Waals surface area contributed by atoms with E-state index in [2.05, 4.69) is 10.0 Å². The molecule has 0 aliphatic heterocycles. The van der Waals surface area contributed by atoms with Crippen LogP contribution in [0.1, 0.15) is 20.8 Å². The standard InChI is InChI=1S/C14H23N3O3S/c1-4-21(19,20)17-12-7-5-11(6-8-12)16-14(18)13(9-15)10(2)3/h5-8,10,13,17H,4,9,15H2,1-3H3,(H,16,18). The van der Waals surface area contributed by atoms with Gasteiger partial charge in [0.2, 0.25) is 15.9 Å². The molecule has 0 fully saturated rings. The minimum atomic E-state index is -3.29. The number of sulfonamides is 1. The van der Waals surface area contributed by atoms with Crippen LogP contribution < -0.4 is 15.8 Å². The van der Waals surface area contributed by atoms with Gasteiger partial charge in [-0.1, -0.05) is 13.8 Å². The normalized spacial score (nSPS) is 13.0. The van der Waals surface area contributed by atoms with Crippen LogP contribution in [0.25, 0.3) is 0 Å². The molecule has 1 atom stereocenters. The quantitative estimate of drug-likeness (QED) is 0.712. The van der Waals surface area contributed by atoms with Gasteiger partial charge in [-0.05, 0) is 37.1 Å². The van der Waals surface area contributed by atoms with Gasteiger partial charge in [0.15, 0.2) is 0 Å². The van der Waals surface area contributed by atoms with Crippen molar-refractivity contribution in [3.63, 3.8) is 0 Å². The summed E-state index contributed by atoms with van der Waals surface area (Å²) >= 11 is 0. The predicted octanol–water partition coefficient (Wildman–Crippen LogP) is 1.62. The summed E-state index contributed by atoms with van der Waals surface area (Å²) in [6, 6.07) is 6.52. The van der Waals surface area contributed by atoms with Crippen molar-refractivity contribution >= 4 is 27.3 Å². The highest BCUT2D eigenvalue weighted by atomic mass is 32.2. The molecule has 118 valence electrons. The molecule has 0 heterocycles. The molecule has 1 unspecified atom stereocenters. The van der Waals surface area contributed by atoms with Gasteiger partial charge in [0, 0.05) is 17.9 Å². The summed E-state index contributed by atoms with van der Waals surface area (Å²) < 4.78 is 25.3. The van der Waals surface area contributed by atoms with Gasteiger partial charge in [0.05, 0.1) is 11.7 Å². The van der Waals surface area contributed by atoms with Crippen LogP contribution >= 0.6 is 0 Å². The minimum absolute atomic E-state index is 0.0120. The molecule has 0 radical (unpaired) electrons. The van der Waals surface area contributed by atoms with E-state index in [0.29, 0.717) is 11.4 Å². The molecule has 1 rings (SSSR count). The second kappa shape index (κ2) is 7.42. The van der Waals surface area contributed by atoms with Crippen LogP contribution in [0.5, 0.6) is 0 Å².